The number of likely N-dealkylation sites (tertiary alicyclic amines) is 2. The normalized spacial score (nSPS) is 19.2. The average Bonchev–Trinajstić information content (AvgIpc) is 3.01. The summed E-state index contributed by atoms with van der Waals surface area (Å²) in [6, 6.07) is 5.23. The molecule has 262 valence electrons. The minimum atomic E-state index is -5.04. The summed E-state index contributed by atoms with van der Waals surface area (Å²) in [6.07, 6.45) is -9.14. The van der Waals surface area contributed by atoms with Gasteiger partial charge in [0.2, 0.25) is 23.6 Å². The second-order valence-corrected chi connectivity index (χ2v) is 12.5. The third-order valence-corrected chi connectivity index (χ3v) is 9.00. The van der Waals surface area contributed by atoms with Gasteiger partial charge in [-0.3, -0.25) is 19.2 Å². The van der Waals surface area contributed by atoms with E-state index < -0.39 is 59.5 Å². The van der Waals surface area contributed by atoms with Crippen molar-refractivity contribution in [3.63, 3.8) is 0 Å². The molecule has 4 rings (SSSR count). The molecule has 2 aromatic carbocycles. The Morgan fingerprint density at radius 1 is 0.875 bits per heavy atom. The van der Waals surface area contributed by atoms with E-state index in [1.54, 1.807) is 16.7 Å². The molecule has 15 heteroatoms. The molecule has 0 aromatic heterocycles. The first kappa shape index (κ1) is 36.7. The van der Waals surface area contributed by atoms with Gasteiger partial charge in [0.15, 0.2) is 0 Å². The van der Waals surface area contributed by atoms with Crippen molar-refractivity contribution in [3.8, 4) is 0 Å². The van der Waals surface area contributed by atoms with Crippen LogP contribution in [0.3, 0.4) is 0 Å². The number of amides is 4. The van der Waals surface area contributed by atoms with Gasteiger partial charge in [0.05, 0.1) is 17.7 Å². The molecular weight excluding hydrogens is 649 g/mol. The fourth-order valence-electron chi connectivity index (χ4n) is 6.51. The molecule has 2 fully saturated rings. The van der Waals surface area contributed by atoms with Gasteiger partial charge in [0.1, 0.15) is 5.82 Å². The molecule has 48 heavy (non-hydrogen) atoms. The van der Waals surface area contributed by atoms with Gasteiger partial charge < -0.3 is 20.0 Å². The highest BCUT2D eigenvalue weighted by Crippen LogP contribution is 2.39. The Hall–Kier alpha value is -4.17. The zero-order valence-corrected chi connectivity index (χ0v) is 26.7. The van der Waals surface area contributed by atoms with Crippen molar-refractivity contribution in [2.45, 2.75) is 57.9 Å². The molecule has 2 unspecified atom stereocenters. The molecule has 0 bridgehead atoms. The topological polar surface area (TPSA) is 90.0 Å². The fourth-order valence-corrected chi connectivity index (χ4v) is 6.51. The van der Waals surface area contributed by atoms with Crippen molar-refractivity contribution in [2.75, 3.05) is 39.8 Å². The number of alkyl halides is 6. The van der Waals surface area contributed by atoms with E-state index in [4.69, 9.17) is 0 Å². The van der Waals surface area contributed by atoms with E-state index >= 15 is 0 Å². The summed E-state index contributed by atoms with van der Waals surface area (Å²) in [5.41, 5.74) is -2.20. The molecular formula is C33H37F7N4O4. The Balaban J connectivity index is 1.52. The Morgan fingerprint density at radius 3 is 2.00 bits per heavy atom. The van der Waals surface area contributed by atoms with Crippen LogP contribution in [0.5, 0.6) is 0 Å². The van der Waals surface area contributed by atoms with Gasteiger partial charge in [0, 0.05) is 64.4 Å². The van der Waals surface area contributed by atoms with E-state index in [2.05, 4.69) is 5.32 Å². The van der Waals surface area contributed by atoms with Crippen LogP contribution >= 0.6 is 0 Å². The predicted octanol–water partition coefficient (Wildman–Crippen LogP) is 5.14. The number of carbonyl (C=O) groups is 4. The highest BCUT2D eigenvalue weighted by atomic mass is 19.4. The Bertz CT molecular complexity index is 1500. The van der Waals surface area contributed by atoms with Crippen LogP contribution < -0.4 is 5.32 Å². The van der Waals surface area contributed by atoms with Gasteiger partial charge in [-0.2, -0.15) is 26.3 Å². The molecule has 8 nitrogen and oxygen atoms in total. The lowest BCUT2D eigenvalue weighted by Gasteiger charge is -2.42. The summed E-state index contributed by atoms with van der Waals surface area (Å²) in [7, 11) is 1.29. The van der Waals surface area contributed by atoms with Crippen LogP contribution in [-0.2, 0) is 38.1 Å². The quantitative estimate of drug-likeness (QED) is 0.409. The number of rotatable bonds is 7. The molecule has 2 atom stereocenters. The summed E-state index contributed by atoms with van der Waals surface area (Å²) < 4.78 is 94.7. The first-order valence-electron chi connectivity index (χ1n) is 15.5. The molecule has 0 radical (unpaired) electrons. The van der Waals surface area contributed by atoms with Crippen molar-refractivity contribution in [2.24, 2.45) is 11.8 Å². The molecule has 2 heterocycles. The lowest BCUT2D eigenvalue weighted by molar-refractivity contribution is -0.145. The minimum absolute atomic E-state index is 0.0267. The summed E-state index contributed by atoms with van der Waals surface area (Å²) in [4.78, 5) is 55.3. The Labute approximate surface area is 273 Å². The number of piperidine rings is 2. The SMILES string of the molecule is CC(=O)NCC(=O)N1CCC(C(=O)N2CCC(C(=O)N(C)Cc3cc(C(F)(F)F)cc(C(F)(F)F)c3)C(c3ccc(F)cc3C)C2)CC1. The molecule has 1 N–H and O–H groups in total. The third-order valence-electron chi connectivity index (χ3n) is 9.00. The van der Waals surface area contributed by atoms with Gasteiger partial charge in [-0.1, -0.05) is 6.07 Å². The summed E-state index contributed by atoms with van der Waals surface area (Å²) >= 11 is 0. The van der Waals surface area contributed by atoms with Crippen LogP contribution in [0.25, 0.3) is 0 Å². The molecule has 2 aliphatic rings. The smallest absolute Gasteiger partial charge is 0.347 e. The number of hydrogen-bond donors (Lipinski definition) is 1. The molecule has 2 aromatic rings. The number of hydrogen-bond acceptors (Lipinski definition) is 4. The van der Waals surface area contributed by atoms with Crippen LogP contribution in [0.15, 0.2) is 36.4 Å². The number of halogens is 7. The first-order chi connectivity index (χ1) is 22.3. The van der Waals surface area contributed by atoms with Gasteiger partial charge >= 0.3 is 12.4 Å². The number of nitrogens with one attached hydrogen (secondary N) is 1. The van der Waals surface area contributed by atoms with Crippen LogP contribution in [-0.4, -0.2) is 78.1 Å². The van der Waals surface area contributed by atoms with E-state index in [9.17, 15) is 49.9 Å². The molecule has 0 spiro atoms. The maximum absolute atomic E-state index is 14.0. The lowest BCUT2D eigenvalue weighted by Crippen LogP contribution is -2.51. The number of benzene rings is 2. The minimum Gasteiger partial charge on any atom is -0.347 e. The highest BCUT2D eigenvalue weighted by Gasteiger charge is 2.41. The second-order valence-electron chi connectivity index (χ2n) is 12.5. The summed E-state index contributed by atoms with van der Waals surface area (Å²) in [5, 5.41) is 2.46. The first-order valence-corrected chi connectivity index (χ1v) is 15.5. The molecule has 2 saturated heterocycles. The average molecular weight is 687 g/mol. The van der Waals surface area contributed by atoms with Crippen molar-refractivity contribution >= 4 is 23.6 Å². The van der Waals surface area contributed by atoms with E-state index in [-0.39, 0.29) is 55.4 Å². The third kappa shape index (κ3) is 8.84. The van der Waals surface area contributed by atoms with Crippen molar-refractivity contribution in [1.82, 2.24) is 20.0 Å². The van der Waals surface area contributed by atoms with Crippen molar-refractivity contribution in [1.29, 1.82) is 0 Å². The zero-order chi connectivity index (χ0) is 35.6. The predicted molar refractivity (Wildman–Crippen MR) is 159 cm³/mol. The van der Waals surface area contributed by atoms with Crippen LogP contribution in [0.4, 0.5) is 30.7 Å². The number of carbonyl (C=O) groups excluding carboxylic acids is 4. The second kappa shape index (κ2) is 14.5. The Morgan fingerprint density at radius 2 is 1.46 bits per heavy atom. The summed E-state index contributed by atoms with van der Waals surface area (Å²) in [5.74, 6) is -3.64. The zero-order valence-electron chi connectivity index (χ0n) is 26.7. The Kier molecular flexibility index (Phi) is 11.1. The van der Waals surface area contributed by atoms with Gasteiger partial charge in [-0.25, -0.2) is 4.39 Å². The maximum Gasteiger partial charge on any atom is 0.416 e. The fraction of sp³-hybridized carbons (Fsp3) is 0.515. The standard InChI is InChI=1S/C33H37F7N4O4/c1-19-12-25(34)4-5-26(19)28-18-44(30(47)22-6-9-43(10-7-22)29(46)16-41-20(2)45)11-8-27(28)31(48)42(3)17-21-13-23(32(35,36)37)15-24(14-21)33(38,39)40/h4-5,12-15,22,27-28H,6-11,16-18H2,1-3H3,(H,41,45). The monoisotopic (exact) mass is 686 g/mol. The number of nitrogens with zero attached hydrogens (tertiary/aromatic N) is 3. The molecule has 0 saturated carbocycles. The van der Waals surface area contributed by atoms with Crippen LogP contribution in [0, 0.1) is 24.6 Å². The summed E-state index contributed by atoms with van der Waals surface area (Å²) in [6.45, 7) is 3.18. The molecule has 0 aliphatic carbocycles. The molecule has 2 aliphatic heterocycles. The number of aryl methyl sites for hydroxylation is 1. The van der Waals surface area contributed by atoms with E-state index in [1.165, 1.54) is 32.2 Å². The van der Waals surface area contributed by atoms with E-state index in [1.807, 2.05) is 0 Å². The van der Waals surface area contributed by atoms with Crippen LogP contribution in [0.2, 0.25) is 0 Å². The van der Waals surface area contributed by atoms with Crippen LogP contribution in [0.1, 0.15) is 59.9 Å². The van der Waals surface area contributed by atoms with E-state index in [0.29, 0.717) is 49.2 Å². The largest absolute Gasteiger partial charge is 0.416 e. The highest BCUT2D eigenvalue weighted by molar-refractivity contribution is 5.85. The van der Waals surface area contributed by atoms with Crippen molar-refractivity contribution < 1.29 is 49.9 Å². The van der Waals surface area contributed by atoms with Gasteiger partial charge in [-0.15, -0.1) is 0 Å². The lowest BCUT2D eigenvalue weighted by atomic mass is 9.77. The molecule has 4 amide bonds. The van der Waals surface area contributed by atoms with Gasteiger partial charge in [-0.05, 0) is 73.2 Å². The van der Waals surface area contributed by atoms with E-state index in [0.717, 1.165) is 4.90 Å². The van der Waals surface area contributed by atoms with Crippen molar-refractivity contribution in [3.05, 3.63) is 70.0 Å². The maximum atomic E-state index is 14.0. The van der Waals surface area contributed by atoms with Gasteiger partial charge in [0.25, 0.3) is 0 Å².